The molecule has 1 aromatic heterocycles. The zero-order chi connectivity index (χ0) is 14.6. The van der Waals surface area contributed by atoms with Crippen LogP contribution in [0.4, 0.5) is 5.69 Å². The first-order valence-electron chi connectivity index (χ1n) is 6.36. The third-order valence-electron chi connectivity index (χ3n) is 2.96. The summed E-state index contributed by atoms with van der Waals surface area (Å²) >= 11 is 0. The normalized spacial score (nSPS) is 10.6. The van der Waals surface area contributed by atoms with Crippen LogP contribution in [0.15, 0.2) is 12.3 Å². The van der Waals surface area contributed by atoms with E-state index in [1.807, 2.05) is 20.8 Å². The Kier molecular flexibility index (Phi) is 4.97. The number of nitrogen functional groups attached to an aromatic ring is 1. The molecule has 0 saturated carbocycles. The highest BCUT2D eigenvalue weighted by Crippen LogP contribution is 2.16. The molecule has 0 unspecified atom stereocenters. The highest BCUT2D eigenvalue weighted by molar-refractivity contribution is 5.96. The molecule has 0 fully saturated rings. The molecule has 1 aromatic rings. The fourth-order valence-corrected chi connectivity index (χ4v) is 1.67. The van der Waals surface area contributed by atoms with E-state index in [1.165, 1.54) is 0 Å². The largest absolute Gasteiger partial charge is 0.397 e. The Morgan fingerprint density at radius 1 is 1.47 bits per heavy atom. The number of likely N-dealkylation sites (N-methyl/N-ethyl adjacent to an activating group) is 1. The van der Waals surface area contributed by atoms with Crippen molar-refractivity contribution in [3.63, 3.8) is 0 Å². The molecule has 0 aliphatic rings. The van der Waals surface area contributed by atoms with Crippen molar-refractivity contribution in [3.05, 3.63) is 18.0 Å². The average Bonchev–Trinajstić information content (AvgIpc) is 2.76. The van der Waals surface area contributed by atoms with Crippen LogP contribution < -0.4 is 11.1 Å². The number of hydrogen-bond donors (Lipinski definition) is 2. The summed E-state index contributed by atoms with van der Waals surface area (Å²) in [6.45, 7) is 6.42. The standard InChI is InChI=1S/C13H22N4O2/c1-5-16(4)12(18)7-15-13(19)11-6-10(14)8-17(11)9(2)3/h6,8-9H,5,7,14H2,1-4H3,(H,15,19). The third kappa shape index (κ3) is 3.74. The van der Waals surface area contributed by atoms with Gasteiger partial charge in [-0.25, -0.2) is 0 Å². The van der Waals surface area contributed by atoms with Crippen LogP contribution in [-0.4, -0.2) is 41.4 Å². The minimum absolute atomic E-state index is 0.00759. The lowest BCUT2D eigenvalue weighted by atomic mass is 10.3. The summed E-state index contributed by atoms with van der Waals surface area (Å²) in [5.74, 6) is -0.408. The van der Waals surface area contributed by atoms with Crippen molar-refractivity contribution in [2.45, 2.75) is 26.8 Å². The van der Waals surface area contributed by atoms with Gasteiger partial charge in [-0.1, -0.05) is 0 Å². The number of nitrogens with zero attached hydrogens (tertiary/aromatic N) is 2. The van der Waals surface area contributed by atoms with Gasteiger partial charge in [0.15, 0.2) is 0 Å². The van der Waals surface area contributed by atoms with E-state index in [0.29, 0.717) is 17.9 Å². The Morgan fingerprint density at radius 2 is 2.11 bits per heavy atom. The van der Waals surface area contributed by atoms with Crippen molar-refractivity contribution in [2.75, 3.05) is 25.9 Å². The minimum atomic E-state index is -0.289. The summed E-state index contributed by atoms with van der Waals surface area (Å²) in [5.41, 5.74) is 6.71. The van der Waals surface area contributed by atoms with Gasteiger partial charge in [0.2, 0.25) is 5.91 Å². The molecule has 0 aromatic carbocycles. The molecule has 0 atom stereocenters. The van der Waals surface area contributed by atoms with Crippen molar-refractivity contribution in [3.8, 4) is 0 Å². The molecule has 1 heterocycles. The number of carbonyl (C=O) groups is 2. The predicted molar refractivity (Wildman–Crippen MR) is 74.9 cm³/mol. The summed E-state index contributed by atoms with van der Waals surface area (Å²) in [7, 11) is 1.70. The number of rotatable bonds is 5. The summed E-state index contributed by atoms with van der Waals surface area (Å²) in [6, 6.07) is 1.75. The minimum Gasteiger partial charge on any atom is -0.397 e. The fraction of sp³-hybridized carbons (Fsp3) is 0.538. The molecule has 6 heteroatoms. The zero-order valence-corrected chi connectivity index (χ0v) is 11.9. The number of aromatic nitrogens is 1. The van der Waals surface area contributed by atoms with Gasteiger partial charge in [0, 0.05) is 25.8 Å². The van der Waals surface area contributed by atoms with Crippen LogP contribution in [0.25, 0.3) is 0 Å². The second kappa shape index (κ2) is 6.26. The van der Waals surface area contributed by atoms with Crippen LogP contribution in [0.2, 0.25) is 0 Å². The maximum absolute atomic E-state index is 12.0. The second-order valence-corrected chi connectivity index (χ2v) is 4.75. The van der Waals surface area contributed by atoms with E-state index < -0.39 is 0 Å². The van der Waals surface area contributed by atoms with Crippen molar-refractivity contribution in [2.24, 2.45) is 0 Å². The van der Waals surface area contributed by atoms with Crippen molar-refractivity contribution >= 4 is 17.5 Å². The third-order valence-corrected chi connectivity index (χ3v) is 2.96. The summed E-state index contributed by atoms with van der Waals surface area (Å²) in [5, 5.41) is 2.62. The zero-order valence-electron chi connectivity index (χ0n) is 11.9. The molecule has 0 bridgehead atoms. The quantitative estimate of drug-likeness (QED) is 0.829. The van der Waals surface area contributed by atoms with Crippen molar-refractivity contribution in [1.82, 2.24) is 14.8 Å². The van der Waals surface area contributed by atoms with Gasteiger partial charge in [-0.2, -0.15) is 0 Å². The lowest BCUT2D eigenvalue weighted by Crippen LogP contribution is -2.38. The molecule has 106 valence electrons. The number of amides is 2. The summed E-state index contributed by atoms with van der Waals surface area (Å²) in [4.78, 5) is 25.2. The smallest absolute Gasteiger partial charge is 0.268 e. The average molecular weight is 266 g/mol. The Morgan fingerprint density at radius 3 is 2.63 bits per heavy atom. The maximum atomic E-state index is 12.0. The predicted octanol–water partition coefficient (Wildman–Crippen LogP) is 0.859. The molecule has 3 N–H and O–H groups in total. The van der Waals surface area contributed by atoms with Gasteiger partial charge >= 0.3 is 0 Å². The second-order valence-electron chi connectivity index (χ2n) is 4.75. The Bertz CT molecular complexity index is 465. The SMILES string of the molecule is CCN(C)C(=O)CNC(=O)c1cc(N)cn1C(C)C. The van der Waals surface area contributed by atoms with Crippen LogP contribution in [0.5, 0.6) is 0 Å². The number of nitrogens with two attached hydrogens (primary N) is 1. The van der Waals surface area contributed by atoms with Gasteiger partial charge in [-0.05, 0) is 26.8 Å². The molecular weight excluding hydrogens is 244 g/mol. The number of anilines is 1. The molecular formula is C13H22N4O2. The highest BCUT2D eigenvalue weighted by Gasteiger charge is 2.16. The number of nitrogens with one attached hydrogen (secondary N) is 1. The Balaban J connectivity index is 2.71. The van der Waals surface area contributed by atoms with Crippen LogP contribution >= 0.6 is 0 Å². The van der Waals surface area contributed by atoms with Crippen LogP contribution in [0, 0.1) is 0 Å². The summed E-state index contributed by atoms with van der Waals surface area (Å²) < 4.78 is 1.79. The van der Waals surface area contributed by atoms with E-state index in [-0.39, 0.29) is 24.4 Å². The van der Waals surface area contributed by atoms with Gasteiger partial charge in [0.1, 0.15) is 5.69 Å². The van der Waals surface area contributed by atoms with E-state index >= 15 is 0 Å². The molecule has 19 heavy (non-hydrogen) atoms. The van der Waals surface area contributed by atoms with Crippen molar-refractivity contribution < 1.29 is 9.59 Å². The van der Waals surface area contributed by atoms with E-state index in [9.17, 15) is 9.59 Å². The monoisotopic (exact) mass is 266 g/mol. The molecule has 1 rings (SSSR count). The first kappa shape index (κ1) is 15.1. The molecule has 0 saturated heterocycles. The van der Waals surface area contributed by atoms with E-state index in [0.717, 1.165) is 0 Å². The van der Waals surface area contributed by atoms with Gasteiger partial charge in [0.05, 0.1) is 12.2 Å². The molecule has 2 amide bonds. The molecule has 0 aliphatic carbocycles. The molecule has 0 radical (unpaired) electrons. The van der Waals surface area contributed by atoms with Gasteiger partial charge < -0.3 is 20.5 Å². The van der Waals surface area contributed by atoms with Gasteiger partial charge in [-0.3, -0.25) is 9.59 Å². The molecule has 6 nitrogen and oxygen atoms in total. The van der Waals surface area contributed by atoms with Crippen LogP contribution in [0.1, 0.15) is 37.3 Å². The van der Waals surface area contributed by atoms with Crippen LogP contribution in [-0.2, 0) is 4.79 Å². The molecule has 0 spiro atoms. The number of hydrogen-bond acceptors (Lipinski definition) is 3. The lowest BCUT2D eigenvalue weighted by Gasteiger charge is -2.16. The molecule has 0 aliphatic heterocycles. The van der Waals surface area contributed by atoms with Crippen molar-refractivity contribution in [1.29, 1.82) is 0 Å². The highest BCUT2D eigenvalue weighted by atomic mass is 16.2. The fourth-order valence-electron chi connectivity index (χ4n) is 1.67. The van der Waals surface area contributed by atoms with Crippen LogP contribution in [0.3, 0.4) is 0 Å². The van der Waals surface area contributed by atoms with E-state index in [4.69, 9.17) is 5.73 Å². The maximum Gasteiger partial charge on any atom is 0.268 e. The topological polar surface area (TPSA) is 80.4 Å². The van der Waals surface area contributed by atoms with E-state index in [2.05, 4.69) is 5.32 Å². The number of carbonyl (C=O) groups excluding carboxylic acids is 2. The Hall–Kier alpha value is -1.98. The van der Waals surface area contributed by atoms with Gasteiger partial charge in [-0.15, -0.1) is 0 Å². The van der Waals surface area contributed by atoms with Gasteiger partial charge in [0.25, 0.3) is 5.91 Å². The first-order valence-corrected chi connectivity index (χ1v) is 6.36. The first-order chi connectivity index (χ1) is 8.86. The lowest BCUT2D eigenvalue weighted by molar-refractivity contribution is -0.128. The van der Waals surface area contributed by atoms with E-state index in [1.54, 1.807) is 28.8 Å². The summed E-state index contributed by atoms with van der Waals surface area (Å²) in [6.07, 6.45) is 1.72. The Labute approximate surface area is 113 Å².